The van der Waals surface area contributed by atoms with Crippen molar-refractivity contribution in [3.63, 3.8) is 0 Å². The number of aliphatic carboxylic acids is 1. The van der Waals surface area contributed by atoms with E-state index in [1.54, 1.807) is 7.11 Å². The molecule has 1 amide bonds. The van der Waals surface area contributed by atoms with E-state index in [2.05, 4.69) is 0 Å². The zero-order valence-electron chi connectivity index (χ0n) is 8.46. The minimum Gasteiger partial charge on any atom is -0.480 e. The molecule has 0 saturated heterocycles. The van der Waals surface area contributed by atoms with Gasteiger partial charge in [-0.15, -0.1) is 0 Å². The summed E-state index contributed by atoms with van der Waals surface area (Å²) in [5, 5.41) is 9.79. The van der Waals surface area contributed by atoms with Gasteiger partial charge in [0.25, 0.3) is 0 Å². The molecule has 0 unspecified atom stereocenters. The first kappa shape index (κ1) is 14.4. The molecular weight excluding hydrogens is 174 g/mol. The molecule has 0 aromatic carbocycles. The maximum atomic E-state index is 9.54. The van der Waals surface area contributed by atoms with Crippen molar-refractivity contribution in [3.8, 4) is 0 Å². The highest BCUT2D eigenvalue weighted by Gasteiger charge is 2.03. The molecule has 0 aliphatic heterocycles. The Kier molecular flexibility index (Phi) is 8.37. The Hall–Kier alpha value is -1.10. The quantitative estimate of drug-likeness (QED) is 0.627. The number of carboxylic acid groups (broad SMARTS) is 1. The first-order valence-electron chi connectivity index (χ1n) is 3.77. The summed E-state index contributed by atoms with van der Waals surface area (Å²) < 4.78 is 4.94. The molecule has 5 nitrogen and oxygen atoms in total. The third-order valence-electron chi connectivity index (χ3n) is 0.949. The number of carboxylic acids is 1. The van der Waals surface area contributed by atoms with E-state index in [0.29, 0.717) is 6.41 Å². The first-order valence-corrected chi connectivity index (χ1v) is 3.77. The normalized spacial score (nSPS) is 9.54. The highest BCUT2D eigenvalue weighted by molar-refractivity contribution is 5.71. The van der Waals surface area contributed by atoms with Gasteiger partial charge < -0.3 is 15.2 Å². The number of carbonyl (C=O) groups excluding carboxylic acids is 1. The SMILES string of the molecule is COC(C)(C)C.O=CNCC(=O)O. The molecule has 0 bridgehead atoms. The van der Waals surface area contributed by atoms with Crippen LogP contribution in [0.2, 0.25) is 0 Å². The molecule has 2 N–H and O–H groups in total. The van der Waals surface area contributed by atoms with Gasteiger partial charge in [-0.2, -0.15) is 0 Å². The molecule has 0 rings (SSSR count). The summed E-state index contributed by atoms with van der Waals surface area (Å²) in [6.45, 7) is 5.76. The lowest BCUT2D eigenvalue weighted by molar-refractivity contribution is -0.136. The van der Waals surface area contributed by atoms with E-state index < -0.39 is 5.97 Å². The van der Waals surface area contributed by atoms with Crippen molar-refractivity contribution < 1.29 is 19.4 Å². The van der Waals surface area contributed by atoms with Crippen LogP contribution in [0.25, 0.3) is 0 Å². The molecule has 0 radical (unpaired) electrons. The van der Waals surface area contributed by atoms with Crippen LogP contribution in [0.5, 0.6) is 0 Å². The van der Waals surface area contributed by atoms with Crippen molar-refractivity contribution in [1.29, 1.82) is 0 Å². The van der Waals surface area contributed by atoms with Gasteiger partial charge in [0.15, 0.2) is 0 Å². The third kappa shape index (κ3) is 24.8. The number of nitrogens with one attached hydrogen (secondary N) is 1. The molecule has 5 heteroatoms. The van der Waals surface area contributed by atoms with Gasteiger partial charge in [-0.05, 0) is 20.8 Å². The van der Waals surface area contributed by atoms with Gasteiger partial charge in [-0.3, -0.25) is 9.59 Å². The molecule has 0 saturated carbocycles. The second kappa shape index (κ2) is 7.54. The second-order valence-corrected chi connectivity index (χ2v) is 3.21. The summed E-state index contributed by atoms with van der Waals surface area (Å²) in [5.74, 6) is -1.04. The third-order valence-corrected chi connectivity index (χ3v) is 0.949. The highest BCUT2D eigenvalue weighted by atomic mass is 16.5. The van der Waals surface area contributed by atoms with Crippen LogP contribution in [0.4, 0.5) is 0 Å². The fourth-order valence-corrected chi connectivity index (χ4v) is 0.129. The van der Waals surface area contributed by atoms with Gasteiger partial charge in [0.1, 0.15) is 6.54 Å². The summed E-state index contributed by atoms with van der Waals surface area (Å²) in [4.78, 5) is 18.9. The van der Waals surface area contributed by atoms with Crippen LogP contribution in [-0.2, 0) is 14.3 Å². The van der Waals surface area contributed by atoms with Gasteiger partial charge in [0, 0.05) is 7.11 Å². The van der Waals surface area contributed by atoms with E-state index in [0.717, 1.165) is 0 Å². The average molecular weight is 191 g/mol. The Labute approximate surface area is 78.1 Å². The van der Waals surface area contributed by atoms with E-state index in [4.69, 9.17) is 9.84 Å². The zero-order chi connectivity index (χ0) is 10.9. The van der Waals surface area contributed by atoms with Gasteiger partial charge in [-0.1, -0.05) is 0 Å². The minimum atomic E-state index is -1.04. The Morgan fingerprint density at radius 1 is 1.54 bits per heavy atom. The van der Waals surface area contributed by atoms with Gasteiger partial charge in [0.05, 0.1) is 5.60 Å². The van der Waals surface area contributed by atoms with Crippen LogP contribution in [-0.4, -0.2) is 36.7 Å². The predicted molar refractivity (Wildman–Crippen MR) is 48.5 cm³/mol. The van der Waals surface area contributed by atoms with Gasteiger partial charge >= 0.3 is 5.97 Å². The lowest BCUT2D eigenvalue weighted by Gasteiger charge is -2.14. The van der Waals surface area contributed by atoms with Gasteiger partial charge in [0.2, 0.25) is 6.41 Å². The molecule has 0 spiro atoms. The number of hydrogen-bond acceptors (Lipinski definition) is 3. The molecule has 0 aromatic heterocycles. The van der Waals surface area contributed by atoms with Crippen LogP contribution in [0.15, 0.2) is 0 Å². The lowest BCUT2D eigenvalue weighted by atomic mass is 10.2. The topological polar surface area (TPSA) is 75.6 Å². The van der Waals surface area contributed by atoms with Crippen LogP contribution in [0, 0.1) is 0 Å². The Morgan fingerprint density at radius 2 is 1.92 bits per heavy atom. The smallest absolute Gasteiger partial charge is 0.322 e. The van der Waals surface area contributed by atoms with E-state index in [1.807, 2.05) is 26.1 Å². The number of ether oxygens (including phenoxy) is 1. The minimum absolute atomic E-state index is 0.0417. The summed E-state index contributed by atoms with van der Waals surface area (Å²) in [7, 11) is 1.71. The van der Waals surface area contributed by atoms with Crippen LogP contribution < -0.4 is 5.32 Å². The molecule has 78 valence electrons. The number of hydrogen-bond donors (Lipinski definition) is 2. The van der Waals surface area contributed by atoms with Crippen LogP contribution in [0.3, 0.4) is 0 Å². The lowest BCUT2D eigenvalue weighted by Crippen LogP contribution is -2.20. The molecule has 13 heavy (non-hydrogen) atoms. The number of amides is 1. The van der Waals surface area contributed by atoms with Crippen molar-refractivity contribution in [3.05, 3.63) is 0 Å². The molecule has 0 aliphatic carbocycles. The monoisotopic (exact) mass is 191 g/mol. The molecule has 0 aliphatic rings. The second-order valence-electron chi connectivity index (χ2n) is 3.21. The van der Waals surface area contributed by atoms with Crippen molar-refractivity contribution in [1.82, 2.24) is 5.32 Å². The predicted octanol–water partition coefficient (Wildman–Crippen LogP) is 0.248. The van der Waals surface area contributed by atoms with E-state index in [-0.39, 0.29) is 12.1 Å². The Bertz CT molecular complexity index is 151. The van der Waals surface area contributed by atoms with E-state index in [1.165, 1.54) is 0 Å². The van der Waals surface area contributed by atoms with Gasteiger partial charge in [-0.25, -0.2) is 0 Å². The van der Waals surface area contributed by atoms with Crippen molar-refractivity contribution in [2.75, 3.05) is 13.7 Å². The number of methoxy groups -OCH3 is 1. The largest absolute Gasteiger partial charge is 0.480 e. The number of rotatable bonds is 3. The molecular formula is C8H17NO4. The standard InChI is InChI=1S/C5H12O.C3H5NO3/c1-5(2,3)6-4;5-2-4-1-3(6)7/h1-4H3;2H,1H2,(H,4,5)(H,6,7). The molecule has 0 fully saturated rings. The number of carbonyl (C=O) groups is 2. The van der Waals surface area contributed by atoms with E-state index in [9.17, 15) is 9.59 Å². The average Bonchev–Trinajstić information content (AvgIpc) is 2.01. The summed E-state index contributed by atoms with van der Waals surface area (Å²) in [6, 6.07) is 0. The summed E-state index contributed by atoms with van der Waals surface area (Å²) in [5.41, 5.74) is 0.0417. The maximum Gasteiger partial charge on any atom is 0.322 e. The zero-order valence-corrected chi connectivity index (χ0v) is 8.46. The van der Waals surface area contributed by atoms with Crippen molar-refractivity contribution in [2.45, 2.75) is 26.4 Å². The molecule has 0 atom stereocenters. The Balaban J connectivity index is 0. The van der Waals surface area contributed by atoms with Crippen LogP contribution >= 0.6 is 0 Å². The highest BCUT2D eigenvalue weighted by Crippen LogP contribution is 2.02. The first-order chi connectivity index (χ1) is 5.83. The maximum absolute atomic E-state index is 9.54. The Morgan fingerprint density at radius 3 is 2.00 bits per heavy atom. The summed E-state index contributed by atoms with van der Waals surface area (Å²) in [6.07, 6.45) is 0.341. The fraction of sp³-hybridized carbons (Fsp3) is 0.750. The van der Waals surface area contributed by atoms with Crippen molar-refractivity contribution in [2.24, 2.45) is 0 Å². The molecule has 0 aromatic rings. The van der Waals surface area contributed by atoms with Crippen LogP contribution in [0.1, 0.15) is 20.8 Å². The summed E-state index contributed by atoms with van der Waals surface area (Å²) >= 11 is 0. The fourth-order valence-electron chi connectivity index (χ4n) is 0.129. The van der Waals surface area contributed by atoms with E-state index >= 15 is 0 Å². The van der Waals surface area contributed by atoms with Crippen molar-refractivity contribution >= 4 is 12.4 Å². The molecule has 0 heterocycles.